The van der Waals surface area contributed by atoms with Crippen molar-refractivity contribution >= 4 is 50.0 Å². The van der Waals surface area contributed by atoms with Gasteiger partial charge in [-0.3, -0.25) is 14.4 Å². The fourth-order valence-electron chi connectivity index (χ4n) is 5.57. The van der Waals surface area contributed by atoms with E-state index < -0.39 is 24.3 Å². The summed E-state index contributed by atoms with van der Waals surface area (Å²) >= 11 is 1.64. The van der Waals surface area contributed by atoms with Crippen LogP contribution in [-0.4, -0.2) is 57.6 Å². The van der Waals surface area contributed by atoms with Crippen LogP contribution >= 0.6 is 11.3 Å². The number of amides is 4. The molecule has 2 aliphatic rings. The number of carbonyl (C=O) groups is 3. The number of benzene rings is 3. The molecule has 3 aromatic carbocycles. The predicted octanol–water partition coefficient (Wildman–Crippen LogP) is 4.49. The maximum absolute atomic E-state index is 13.5. The molecule has 194 valence electrons. The van der Waals surface area contributed by atoms with Crippen LogP contribution < -0.4 is 5.32 Å². The van der Waals surface area contributed by atoms with Crippen LogP contribution in [0.2, 0.25) is 0 Å². The molecule has 0 unspecified atom stereocenters. The largest absolute Gasteiger partial charge is 0.343 e. The summed E-state index contributed by atoms with van der Waals surface area (Å²) in [7, 11) is 0. The Bertz CT molecular complexity index is 1550. The van der Waals surface area contributed by atoms with Gasteiger partial charge in [0.15, 0.2) is 12.8 Å². The van der Waals surface area contributed by atoms with Crippen LogP contribution in [0.25, 0.3) is 20.9 Å². The van der Waals surface area contributed by atoms with E-state index in [2.05, 4.69) is 22.8 Å². The van der Waals surface area contributed by atoms with Gasteiger partial charge in [0.05, 0.1) is 6.04 Å². The van der Waals surface area contributed by atoms with Crippen LogP contribution in [0.3, 0.4) is 0 Å². The topological polar surface area (TPSA) is 82.2 Å². The molecule has 1 N–H and O–H groups in total. The van der Waals surface area contributed by atoms with E-state index >= 15 is 0 Å². The molecule has 2 fully saturated rings. The molecular formula is C29H28N4O4S. The van der Waals surface area contributed by atoms with Crippen LogP contribution in [0.4, 0.5) is 4.79 Å². The molecule has 8 nitrogen and oxygen atoms in total. The standard InChI is InChI=1S/C29H28N4O4S/c1-18-27-32(19(2)28(35)31(18)15-22-17-38-25-13-6-5-12-24(22)25)26(34)16-37-33(27)29(36)30-14-21-10-7-9-20-8-3-4-11-23(20)21/h3-13,17-19,27H,14-16H2,1-2H3,(H,30,36)/t18-,19-,27-/m0/s1. The molecule has 3 heterocycles. The maximum Gasteiger partial charge on any atom is 0.343 e. The van der Waals surface area contributed by atoms with Crippen molar-refractivity contribution in [1.29, 1.82) is 0 Å². The maximum atomic E-state index is 13.5. The molecule has 0 aliphatic carbocycles. The molecule has 0 radical (unpaired) electrons. The Kier molecular flexibility index (Phi) is 6.25. The van der Waals surface area contributed by atoms with Crippen LogP contribution in [0, 0.1) is 0 Å². The number of rotatable bonds is 4. The van der Waals surface area contributed by atoms with Gasteiger partial charge < -0.3 is 15.1 Å². The van der Waals surface area contributed by atoms with Gasteiger partial charge in [0.2, 0.25) is 5.91 Å². The summed E-state index contributed by atoms with van der Waals surface area (Å²) in [5, 5.41) is 9.52. The highest BCUT2D eigenvalue weighted by molar-refractivity contribution is 7.17. The molecule has 38 heavy (non-hydrogen) atoms. The van der Waals surface area contributed by atoms with E-state index in [0.29, 0.717) is 13.1 Å². The molecule has 0 bridgehead atoms. The Morgan fingerprint density at radius 1 is 0.974 bits per heavy atom. The highest BCUT2D eigenvalue weighted by atomic mass is 32.1. The van der Waals surface area contributed by atoms with Gasteiger partial charge in [-0.1, -0.05) is 60.7 Å². The Labute approximate surface area is 224 Å². The number of carbonyl (C=O) groups excluding carboxylic acids is 3. The first-order chi connectivity index (χ1) is 18.4. The van der Waals surface area contributed by atoms with Crippen LogP contribution in [0.1, 0.15) is 25.0 Å². The zero-order valence-electron chi connectivity index (χ0n) is 21.2. The number of hydrogen-bond donors (Lipinski definition) is 1. The summed E-state index contributed by atoms with van der Waals surface area (Å²) in [4.78, 5) is 48.8. The number of hydrogen-bond acceptors (Lipinski definition) is 5. The molecule has 2 saturated heterocycles. The number of urea groups is 1. The lowest BCUT2D eigenvalue weighted by Crippen LogP contribution is -2.74. The Morgan fingerprint density at radius 2 is 1.71 bits per heavy atom. The van der Waals surface area contributed by atoms with Crippen LogP contribution in [-0.2, 0) is 27.5 Å². The van der Waals surface area contributed by atoms with Gasteiger partial charge in [-0.15, -0.1) is 11.3 Å². The van der Waals surface area contributed by atoms with Crippen molar-refractivity contribution in [3.63, 3.8) is 0 Å². The summed E-state index contributed by atoms with van der Waals surface area (Å²) in [5.74, 6) is -0.447. The zero-order valence-corrected chi connectivity index (χ0v) is 22.0. The molecule has 9 heteroatoms. The van der Waals surface area contributed by atoms with Gasteiger partial charge in [-0.05, 0) is 52.6 Å². The summed E-state index contributed by atoms with van der Waals surface area (Å²) in [5.41, 5.74) is 2.02. The Balaban J connectivity index is 1.26. The Morgan fingerprint density at radius 3 is 2.55 bits per heavy atom. The van der Waals surface area contributed by atoms with E-state index in [4.69, 9.17) is 4.84 Å². The predicted molar refractivity (Wildman–Crippen MR) is 146 cm³/mol. The van der Waals surface area contributed by atoms with Crippen molar-refractivity contribution < 1.29 is 19.2 Å². The minimum absolute atomic E-state index is 0.143. The molecule has 2 aliphatic heterocycles. The normalized spacial score (nSPS) is 21.7. The fourth-order valence-corrected chi connectivity index (χ4v) is 6.52. The second-order valence-corrected chi connectivity index (χ2v) is 10.7. The van der Waals surface area contributed by atoms with Gasteiger partial charge in [0.1, 0.15) is 6.04 Å². The van der Waals surface area contributed by atoms with E-state index in [1.54, 1.807) is 23.2 Å². The lowest BCUT2D eigenvalue weighted by molar-refractivity contribution is -0.244. The van der Waals surface area contributed by atoms with Crippen molar-refractivity contribution in [2.45, 2.75) is 45.2 Å². The fraction of sp³-hybridized carbons (Fsp3) is 0.276. The van der Waals surface area contributed by atoms with E-state index in [9.17, 15) is 14.4 Å². The van der Waals surface area contributed by atoms with Gasteiger partial charge >= 0.3 is 6.03 Å². The van der Waals surface area contributed by atoms with E-state index in [1.807, 2.05) is 61.5 Å². The minimum atomic E-state index is -0.749. The van der Waals surface area contributed by atoms with Gasteiger partial charge in [-0.25, -0.2) is 4.79 Å². The molecule has 0 saturated carbocycles. The molecule has 4 amide bonds. The lowest BCUT2D eigenvalue weighted by Gasteiger charge is -2.53. The highest BCUT2D eigenvalue weighted by Crippen LogP contribution is 2.33. The first kappa shape index (κ1) is 24.4. The van der Waals surface area contributed by atoms with Crippen molar-refractivity contribution in [2.75, 3.05) is 6.61 Å². The van der Waals surface area contributed by atoms with Crippen molar-refractivity contribution in [2.24, 2.45) is 0 Å². The number of nitrogens with zero attached hydrogens (tertiary/aromatic N) is 3. The summed E-state index contributed by atoms with van der Waals surface area (Å²) < 4.78 is 1.15. The third-order valence-corrected chi connectivity index (χ3v) is 8.55. The molecule has 1 aromatic heterocycles. The van der Waals surface area contributed by atoms with Crippen LogP contribution in [0.15, 0.2) is 72.1 Å². The molecule has 6 rings (SSSR count). The number of piperazine rings is 1. The second-order valence-electron chi connectivity index (χ2n) is 9.75. The smallest absolute Gasteiger partial charge is 0.332 e. The van der Waals surface area contributed by atoms with E-state index in [-0.39, 0.29) is 18.4 Å². The molecule has 3 atom stereocenters. The van der Waals surface area contributed by atoms with Crippen molar-refractivity contribution in [1.82, 2.24) is 20.2 Å². The summed E-state index contributed by atoms with van der Waals surface area (Å²) in [6.45, 7) is 3.97. The third-order valence-electron chi connectivity index (χ3n) is 7.53. The quantitative estimate of drug-likeness (QED) is 0.423. The lowest BCUT2D eigenvalue weighted by atomic mass is 10.0. The summed E-state index contributed by atoms with van der Waals surface area (Å²) in [6, 6.07) is 20.4. The van der Waals surface area contributed by atoms with Crippen molar-refractivity contribution in [3.05, 3.63) is 83.2 Å². The summed E-state index contributed by atoms with van der Waals surface area (Å²) in [6.07, 6.45) is -0.749. The highest BCUT2D eigenvalue weighted by Gasteiger charge is 2.52. The second kappa shape index (κ2) is 9.74. The third kappa shape index (κ3) is 4.08. The van der Waals surface area contributed by atoms with E-state index in [0.717, 1.165) is 32.0 Å². The SMILES string of the molecule is C[C@H]1[C@@H]2N(C(=O)NCc3cccc4ccccc34)OCC(=O)N2[C@@H](C)C(=O)N1Cc1csc2ccccc12. The van der Waals surface area contributed by atoms with Gasteiger partial charge in [-0.2, -0.15) is 5.06 Å². The number of nitrogens with one attached hydrogen (secondary N) is 1. The molecular weight excluding hydrogens is 500 g/mol. The Hall–Kier alpha value is -3.95. The monoisotopic (exact) mass is 528 g/mol. The average Bonchev–Trinajstić information content (AvgIpc) is 3.35. The van der Waals surface area contributed by atoms with E-state index in [1.165, 1.54) is 9.96 Å². The molecule has 0 spiro atoms. The first-order valence-corrected chi connectivity index (χ1v) is 13.6. The first-order valence-electron chi connectivity index (χ1n) is 12.7. The van der Waals surface area contributed by atoms with Crippen LogP contribution in [0.5, 0.6) is 0 Å². The number of fused-ring (bicyclic) bond motifs is 3. The minimum Gasteiger partial charge on any atom is -0.332 e. The van der Waals surface area contributed by atoms with Gasteiger partial charge in [0.25, 0.3) is 5.91 Å². The average molecular weight is 529 g/mol. The van der Waals surface area contributed by atoms with Crippen molar-refractivity contribution in [3.8, 4) is 0 Å². The zero-order chi connectivity index (χ0) is 26.4. The molecule has 4 aromatic rings. The van der Waals surface area contributed by atoms with Gasteiger partial charge in [0, 0.05) is 17.8 Å². The number of hydroxylamine groups is 2. The number of thiophene rings is 1.